The molecule has 0 unspecified atom stereocenters. The molecule has 1 N–H and O–H groups in total. The topological polar surface area (TPSA) is 68.3 Å². The molecule has 4 rings (SSSR count). The van der Waals surface area contributed by atoms with E-state index in [2.05, 4.69) is 48.8 Å². The van der Waals surface area contributed by atoms with Crippen LogP contribution in [0.15, 0.2) is 68.1 Å². The molecule has 25 heavy (non-hydrogen) atoms. The summed E-state index contributed by atoms with van der Waals surface area (Å²) in [6.45, 7) is 0. The normalized spacial score (nSPS) is 11.0. The Kier molecular flexibility index (Phi) is 4.34. The molecule has 7 heteroatoms. The van der Waals surface area contributed by atoms with Crippen LogP contribution in [0.5, 0.6) is 0 Å². The third kappa shape index (κ3) is 3.34. The smallest absolute Gasteiger partial charge is 0.291 e. The van der Waals surface area contributed by atoms with Crippen molar-refractivity contribution in [1.29, 1.82) is 0 Å². The summed E-state index contributed by atoms with van der Waals surface area (Å²) in [5.74, 6) is 0.465. The molecule has 0 aliphatic heterocycles. The Bertz CT molecular complexity index is 1070. The highest BCUT2D eigenvalue weighted by Gasteiger charge is 2.14. The molecule has 2 aromatic heterocycles. The number of fused-ring (bicyclic) bond motifs is 1. The first-order valence-electron chi connectivity index (χ1n) is 7.31. The Labute approximate surface area is 164 Å². The summed E-state index contributed by atoms with van der Waals surface area (Å²) >= 11 is 5.77. The molecule has 0 radical (unpaired) electrons. The Morgan fingerprint density at radius 2 is 2.04 bits per heavy atom. The predicted molar refractivity (Wildman–Crippen MR) is 107 cm³/mol. The zero-order chi connectivity index (χ0) is 17.4. The van der Waals surface area contributed by atoms with E-state index in [-0.39, 0.29) is 11.7 Å². The maximum atomic E-state index is 12.1. The van der Waals surface area contributed by atoms with Gasteiger partial charge in [-0.3, -0.25) is 4.79 Å². The number of anilines is 1. The van der Waals surface area contributed by atoms with E-state index in [1.54, 1.807) is 30.3 Å². The van der Waals surface area contributed by atoms with E-state index in [1.165, 1.54) is 6.26 Å². The average Bonchev–Trinajstić information content (AvgIpc) is 3.26. The number of hydrogen-bond acceptors (Lipinski definition) is 4. The van der Waals surface area contributed by atoms with Crippen LogP contribution in [0.3, 0.4) is 0 Å². The zero-order valence-corrected chi connectivity index (χ0v) is 16.4. The minimum Gasteiger partial charge on any atom is -0.459 e. The second kappa shape index (κ2) is 6.64. The molecule has 0 aliphatic rings. The van der Waals surface area contributed by atoms with E-state index in [0.29, 0.717) is 22.7 Å². The molecule has 124 valence electrons. The number of aromatic nitrogens is 1. The Morgan fingerprint density at radius 1 is 1.16 bits per heavy atom. The van der Waals surface area contributed by atoms with Gasteiger partial charge in [-0.05, 0) is 87.1 Å². The molecule has 0 spiro atoms. The van der Waals surface area contributed by atoms with Crippen LogP contribution in [0, 0.1) is 3.57 Å². The lowest BCUT2D eigenvalue weighted by Crippen LogP contribution is -2.10. The van der Waals surface area contributed by atoms with Crippen LogP contribution in [0.2, 0.25) is 0 Å². The number of nitrogens with one attached hydrogen (secondary N) is 1. The molecule has 2 heterocycles. The Hall–Kier alpha value is -2.13. The van der Waals surface area contributed by atoms with Crippen molar-refractivity contribution in [2.75, 3.05) is 5.32 Å². The van der Waals surface area contributed by atoms with Crippen LogP contribution in [0.4, 0.5) is 5.69 Å². The summed E-state index contributed by atoms with van der Waals surface area (Å²) in [5.41, 5.74) is 2.81. The molecule has 0 atom stereocenters. The minimum atomic E-state index is -0.312. The molecule has 0 saturated carbocycles. The van der Waals surface area contributed by atoms with Gasteiger partial charge in [0.1, 0.15) is 5.52 Å². The molecule has 4 aromatic rings. The molecule has 0 fully saturated rings. The summed E-state index contributed by atoms with van der Waals surface area (Å²) < 4.78 is 12.9. The second-order valence-electron chi connectivity index (χ2n) is 5.26. The van der Waals surface area contributed by atoms with Crippen LogP contribution < -0.4 is 5.32 Å². The highest BCUT2D eigenvalue weighted by molar-refractivity contribution is 14.1. The molecule has 1 amide bonds. The standard InChI is InChI=1S/C18H10BrIN2O3/c19-13-5-3-10(20)8-12(13)18-22-14-9-11(4-6-15(14)25-18)21-17(23)16-2-1-7-24-16/h1-9H,(H,21,23). The third-order valence-corrected chi connectivity index (χ3v) is 4.91. The fraction of sp³-hybridized carbons (Fsp3) is 0. The van der Waals surface area contributed by atoms with Crippen LogP contribution in [0.25, 0.3) is 22.6 Å². The number of furan rings is 1. The van der Waals surface area contributed by atoms with Gasteiger partial charge in [0.05, 0.1) is 11.8 Å². The lowest BCUT2D eigenvalue weighted by molar-refractivity contribution is 0.0996. The summed E-state index contributed by atoms with van der Waals surface area (Å²) in [6.07, 6.45) is 1.46. The molecular weight excluding hydrogens is 499 g/mol. The number of carbonyl (C=O) groups excluding carboxylic acids is 1. The summed E-state index contributed by atoms with van der Waals surface area (Å²) in [4.78, 5) is 16.6. The van der Waals surface area contributed by atoms with Gasteiger partial charge in [0.2, 0.25) is 5.89 Å². The van der Waals surface area contributed by atoms with E-state index < -0.39 is 0 Å². The first-order valence-corrected chi connectivity index (χ1v) is 9.18. The Morgan fingerprint density at radius 3 is 2.84 bits per heavy atom. The molecular formula is C18H10BrIN2O3. The van der Waals surface area contributed by atoms with Crippen molar-refractivity contribution in [2.45, 2.75) is 0 Å². The third-order valence-electron chi connectivity index (χ3n) is 3.55. The van der Waals surface area contributed by atoms with Crippen molar-refractivity contribution in [2.24, 2.45) is 0 Å². The van der Waals surface area contributed by atoms with Crippen molar-refractivity contribution < 1.29 is 13.6 Å². The van der Waals surface area contributed by atoms with Gasteiger partial charge in [0, 0.05) is 13.7 Å². The number of benzene rings is 2. The van der Waals surface area contributed by atoms with Crippen LogP contribution in [0.1, 0.15) is 10.6 Å². The minimum absolute atomic E-state index is 0.253. The van der Waals surface area contributed by atoms with Crippen LogP contribution in [-0.4, -0.2) is 10.9 Å². The van der Waals surface area contributed by atoms with Gasteiger partial charge in [-0.25, -0.2) is 4.98 Å². The zero-order valence-electron chi connectivity index (χ0n) is 12.6. The molecule has 0 saturated heterocycles. The monoisotopic (exact) mass is 508 g/mol. The van der Waals surface area contributed by atoms with Crippen LogP contribution >= 0.6 is 38.5 Å². The SMILES string of the molecule is O=C(Nc1ccc2oc(-c3cc(I)ccc3Br)nc2c1)c1ccco1. The van der Waals surface area contributed by atoms with Gasteiger partial charge >= 0.3 is 0 Å². The van der Waals surface area contributed by atoms with Crippen molar-refractivity contribution in [3.63, 3.8) is 0 Å². The van der Waals surface area contributed by atoms with E-state index >= 15 is 0 Å². The van der Waals surface area contributed by atoms with Crippen molar-refractivity contribution in [3.05, 3.63) is 68.6 Å². The lowest BCUT2D eigenvalue weighted by Gasteiger charge is -2.01. The average molecular weight is 509 g/mol. The van der Waals surface area contributed by atoms with Crippen molar-refractivity contribution >= 4 is 61.2 Å². The highest BCUT2D eigenvalue weighted by Crippen LogP contribution is 2.32. The fourth-order valence-electron chi connectivity index (χ4n) is 2.38. The first kappa shape index (κ1) is 16.3. The van der Waals surface area contributed by atoms with Crippen LogP contribution in [-0.2, 0) is 0 Å². The number of oxazole rings is 1. The molecule has 0 bridgehead atoms. The largest absolute Gasteiger partial charge is 0.459 e. The van der Waals surface area contributed by atoms with E-state index in [9.17, 15) is 4.79 Å². The fourth-order valence-corrected chi connectivity index (χ4v) is 3.29. The number of hydrogen-bond donors (Lipinski definition) is 1. The van der Waals surface area contributed by atoms with Crippen molar-refractivity contribution in [1.82, 2.24) is 4.98 Å². The van der Waals surface area contributed by atoms with Gasteiger partial charge in [-0.15, -0.1) is 0 Å². The van der Waals surface area contributed by atoms with E-state index in [0.717, 1.165) is 13.6 Å². The first-order chi connectivity index (χ1) is 12.1. The number of rotatable bonds is 3. The van der Waals surface area contributed by atoms with Gasteiger partial charge in [-0.2, -0.15) is 0 Å². The van der Waals surface area contributed by atoms with Gasteiger partial charge < -0.3 is 14.2 Å². The van der Waals surface area contributed by atoms with Gasteiger partial charge in [-0.1, -0.05) is 0 Å². The lowest BCUT2D eigenvalue weighted by atomic mass is 10.2. The summed E-state index contributed by atoms with van der Waals surface area (Å²) in [7, 11) is 0. The summed E-state index contributed by atoms with van der Waals surface area (Å²) in [5, 5.41) is 2.78. The summed E-state index contributed by atoms with van der Waals surface area (Å²) in [6, 6.07) is 14.5. The Balaban J connectivity index is 1.68. The molecule has 2 aromatic carbocycles. The number of carbonyl (C=O) groups is 1. The highest BCUT2D eigenvalue weighted by atomic mass is 127. The maximum Gasteiger partial charge on any atom is 0.291 e. The quantitative estimate of drug-likeness (QED) is 0.360. The number of amides is 1. The van der Waals surface area contributed by atoms with Gasteiger partial charge in [0.15, 0.2) is 11.3 Å². The molecule has 5 nitrogen and oxygen atoms in total. The van der Waals surface area contributed by atoms with E-state index in [1.807, 2.05) is 18.2 Å². The molecule has 0 aliphatic carbocycles. The number of halogens is 2. The second-order valence-corrected chi connectivity index (χ2v) is 7.36. The van der Waals surface area contributed by atoms with E-state index in [4.69, 9.17) is 8.83 Å². The number of nitrogens with zero attached hydrogens (tertiary/aromatic N) is 1. The predicted octanol–water partition coefficient (Wildman–Crippen LogP) is 5.71. The van der Waals surface area contributed by atoms with Crippen molar-refractivity contribution in [3.8, 4) is 11.5 Å². The maximum absolute atomic E-state index is 12.1. The van der Waals surface area contributed by atoms with Gasteiger partial charge in [0.25, 0.3) is 5.91 Å².